The summed E-state index contributed by atoms with van der Waals surface area (Å²) in [5, 5.41) is 0. The molecule has 0 atom stereocenters. The molecule has 0 saturated heterocycles. The lowest BCUT2D eigenvalue weighted by Crippen LogP contribution is -2.01. The number of hydrogen-bond acceptors (Lipinski definition) is 2. The molecule has 3 heteroatoms. The van der Waals surface area contributed by atoms with Crippen LogP contribution in [0.5, 0.6) is 0 Å². The number of pyridine rings is 1. The Labute approximate surface area is 63.8 Å². The van der Waals surface area contributed by atoms with Crippen LogP contribution in [0.1, 0.15) is 10.5 Å². The van der Waals surface area contributed by atoms with Gasteiger partial charge in [0.05, 0.1) is 5.88 Å². The van der Waals surface area contributed by atoms with E-state index in [1.54, 1.807) is 24.4 Å². The predicted octanol–water partition coefficient (Wildman–Crippen LogP) is 1.50. The van der Waals surface area contributed by atoms with Gasteiger partial charge in [-0.25, -0.2) is 0 Å². The second kappa shape index (κ2) is 3.32. The van der Waals surface area contributed by atoms with E-state index >= 15 is 0 Å². The van der Waals surface area contributed by atoms with Crippen LogP contribution in [0.2, 0.25) is 0 Å². The van der Waals surface area contributed by atoms with Gasteiger partial charge in [-0.2, -0.15) is 0 Å². The highest BCUT2D eigenvalue weighted by Gasteiger charge is 2.01. The maximum absolute atomic E-state index is 10.8. The first-order valence-electron chi connectivity index (χ1n) is 2.85. The summed E-state index contributed by atoms with van der Waals surface area (Å²) < 4.78 is 0. The molecule has 1 rings (SSSR count). The van der Waals surface area contributed by atoms with Crippen molar-refractivity contribution >= 4 is 17.4 Å². The quantitative estimate of drug-likeness (QED) is 0.479. The van der Waals surface area contributed by atoms with Crippen molar-refractivity contribution in [3.8, 4) is 0 Å². The van der Waals surface area contributed by atoms with E-state index in [2.05, 4.69) is 4.98 Å². The van der Waals surface area contributed by atoms with Gasteiger partial charge >= 0.3 is 0 Å². The molecule has 0 aliphatic rings. The van der Waals surface area contributed by atoms with Crippen LogP contribution in [0.4, 0.5) is 0 Å². The van der Waals surface area contributed by atoms with Gasteiger partial charge in [-0.3, -0.25) is 9.78 Å². The zero-order valence-corrected chi connectivity index (χ0v) is 6.01. The number of aromatic nitrogens is 1. The van der Waals surface area contributed by atoms with Gasteiger partial charge in [0, 0.05) is 6.20 Å². The van der Waals surface area contributed by atoms with Crippen molar-refractivity contribution in [3.63, 3.8) is 0 Å². The molecule has 0 bridgehead atoms. The number of hydrogen-bond donors (Lipinski definition) is 0. The van der Waals surface area contributed by atoms with Crippen molar-refractivity contribution < 1.29 is 4.79 Å². The van der Waals surface area contributed by atoms with Gasteiger partial charge < -0.3 is 0 Å². The molecule has 1 aromatic heterocycles. The first-order valence-corrected chi connectivity index (χ1v) is 3.38. The lowest BCUT2D eigenvalue weighted by molar-refractivity contribution is 0.101. The number of halogens is 1. The summed E-state index contributed by atoms with van der Waals surface area (Å²) >= 11 is 5.30. The van der Waals surface area contributed by atoms with Crippen LogP contribution in [-0.2, 0) is 0 Å². The maximum Gasteiger partial charge on any atom is 0.195 e. The van der Waals surface area contributed by atoms with Crippen molar-refractivity contribution in [1.82, 2.24) is 4.98 Å². The fourth-order valence-electron chi connectivity index (χ4n) is 0.596. The molecule has 0 saturated carbocycles. The van der Waals surface area contributed by atoms with Gasteiger partial charge in [0.15, 0.2) is 5.78 Å². The SMILES string of the molecule is O=C(CCl)c1ccccn1. The van der Waals surface area contributed by atoms with E-state index in [-0.39, 0.29) is 11.7 Å². The fourth-order valence-corrected chi connectivity index (χ4v) is 0.733. The van der Waals surface area contributed by atoms with Crippen molar-refractivity contribution in [1.29, 1.82) is 0 Å². The summed E-state index contributed by atoms with van der Waals surface area (Å²) in [6.07, 6.45) is 1.57. The first kappa shape index (κ1) is 7.22. The molecule has 0 spiro atoms. The van der Waals surface area contributed by atoms with E-state index < -0.39 is 0 Å². The Balaban J connectivity index is 2.85. The second-order valence-electron chi connectivity index (χ2n) is 1.77. The van der Waals surface area contributed by atoms with Crippen LogP contribution in [0, 0.1) is 0 Å². The minimum Gasteiger partial charge on any atom is -0.291 e. The average molecular weight is 156 g/mol. The highest BCUT2D eigenvalue weighted by Crippen LogP contribution is 1.95. The van der Waals surface area contributed by atoms with E-state index in [0.717, 1.165) is 0 Å². The third kappa shape index (κ3) is 1.54. The molecule has 0 aliphatic heterocycles. The lowest BCUT2D eigenvalue weighted by Gasteiger charge is -1.91. The smallest absolute Gasteiger partial charge is 0.195 e. The summed E-state index contributed by atoms with van der Waals surface area (Å²) in [6, 6.07) is 5.16. The number of Topliss-reactive ketones (excluding diaryl/α,β-unsaturated/α-hetero) is 1. The maximum atomic E-state index is 10.8. The molecule has 0 unspecified atom stereocenters. The molecule has 0 amide bonds. The molecule has 0 aliphatic carbocycles. The second-order valence-corrected chi connectivity index (χ2v) is 2.04. The molecule has 0 radical (unpaired) electrons. The molecule has 1 heterocycles. The standard InChI is InChI=1S/C7H6ClNO/c8-5-7(10)6-3-1-2-4-9-6/h1-4H,5H2. The van der Waals surface area contributed by atoms with Crippen LogP contribution in [0.3, 0.4) is 0 Å². The topological polar surface area (TPSA) is 30.0 Å². The van der Waals surface area contributed by atoms with Crippen LogP contribution in [-0.4, -0.2) is 16.6 Å². The zero-order chi connectivity index (χ0) is 7.40. The van der Waals surface area contributed by atoms with Crippen molar-refractivity contribution in [2.75, 3.05) is 5.88 Å². The summed E-state index contributed by atoms with van der Waals surface area (Å²) in [5.74, 6) is -0.140. The third-order valence-electron chi connectivity index (χ3n) is 1.07. The highest BCUT2D eigenvalue weighted by atomic mass is 35.5. The Bertz CT molecular complexity index is 222. The molecule has 1 aromatic rings. The van der Waals surface area contributed by atoms with E-state index in [4.69, 9.17) is 11.6 Å². The Morgan fingerprint density at radius 1 is 1.60 bits per heavy atom. The number of carbonyl (C=O) groups is 1. The number of alkyl halides is 1. The van der Waals surface area contributed by atoms with Gasteiger partial charge in [0.25, 0.3) is 0 Å². The molecule has 0 aromatic carbocycles. The molecular weight excluding hydrogens is 150 g/mol. The number of nitrogens with zero attached hydrogens (tertiary/aromatic N) is 1. The first-order chi connectivity index (χ1) is 4.84. The highest BCUT2D eigenvalue weighted by molar-refractivity contribution is 6.30. The molecular formula is C7H6ClNO. The molecule has 0 N–H and O–H groups in total. The van der Waals surface area contributed by atoms with Crippen LogP contribution < -0.4 is 0 Å². The van der Waals surface area contributed by atoms with E-state index in [0.29, 0.717) is 5.69 Å². The van der Waals surface area contributed by atoms with Crippen LogP contribution in [0.15, 0.2) is 24.4 Å². The molecule has 10 heavy (non-hydrogen) atoms. The molecule has 52 valence electrons. The lowest BCUT2D eigenvalue weighted by atomic mass is 10.3. The summed E-state index contributed by atoms with van der Waals surface area (Å²) in [5.41, 5.74) is 0.428. The van der Waals surface area contributed by atoms with Gasteiger partial charge in [-0.1, -0.05) is 6.07 Å². The van der Waals surface area contributed by atoms with E-state index in [1.165, 1.54) is 0 Å². The normalized spacial score (nSPS) is 9.30. The molecule has 0 fully saturated rings. The average Bonchev–Trinajstić information content (AvgIpc) is 2.05. The predicted molar refractivity (Wildman–Crippen MR) is 39.3 cm³/mol. The largest absolute Gasteiger partial charge is 0.291 e. The minimum absolute atomic E-state index is 0.00296. The van der Waals surface area contributed by atoms with Crippen molar-refractivity contribution in [3.05, 3.63) is 30.1 Å². The Morgan fingerprint density at radius 3 is 2.90 bits per heavy atom. The van der Waals surface area contributed by atoms with Crippen LogP contribution >= 0.6 is 11.6 Å². The Morgan fingerprint density at radius 2 is 2.40 bits per heavy atom. The molecule has 2 nitrogen and oxygen atoms in total. The fraction of sp³-hybridized carbons (Fsp3) is 0.143. The van der Waals surface area contributed by atoms with E-state index in [9.17, 15) is 4.79 Å². The zero-order valence-electron chi connectivity index (χ0n) is 5.25. The number of carbonyl (C=O) groups excluding carboxylic acids is 1. The monoisotopic (exact) mass is 155 g/mol. The van der Waals surface area contributed by atoms with Crippen molar-refractivity contribution in [2.45, 2.75) is 0 Å². The van der Waals surface area contributed by atoms with Crippen molar-refractivity contribution in [2.24, 2.45) is 0 Å². The Kier molecular flexibility index (Phi) is 2.40. The van der Waals surface area contributed by atoms with Crippen LogP contribution in [0.25, 0.3) is 0 Å². The number of rotatable bonds is 2. The summed E-state index contributed by atoms with van der Waals surface area (Å²) in [4.78, 5) is 14.6. The van der Waals surface area contributed by atoms with Gasteiger partial charge in [0.2, 0.25) is 0 Å². The number of ketones is 1. The van der Waals surface area contributed by atoms with Gasteiger partial charge in [-0.05, 0) is 12.1 Å². The minimum atomic E-state index is -0.137. The van der Waals surface area contributed by atoms with Gasteiger partial charge in [-0.15, -0.1) is 11.6 Å². The van der Waals surface area contributed by atoms with E-state index in [1.807, 2.05) is 0 Å². The third-order valence-corrected chi connectivity index (χ3v) is 1.31. The summed E-state index contributed by atoms with van der Waals surface area (Å²) in [6.45, 7) is 0. The Hall–Kier alpha value is -0.890. The summed E-state index contributed by atoms with van der Waals surface area (Å²) in [7, 11) is 0. The van der Waals surface area contributed by atoms with Gasteiger partial charge in [0.1, 0.15) is 5.69 Å².